The molecule has 1 heterocycles. The Labute approximate surface area is 129 Å². The largest absolute Gasteiger partial charge is 0.285 e. The fourth-order valence-corrected chi connectivity index (χ4v) is 2.02. The first-order valence-corrected chi connectivity index (χ1v) is 4.79. The monoisotopic (exact) mass is 371 g/mol. The maximum absolute atomic E-state index is 11.7. The van der Waals surface area contributed by atoms with Gasteiger partial charge in [0.1, 0.15) is 0 Å². The maximum Gasteiger partial charge on any atom is 0.285 e. The molecular formula is C12H7GdNO3. The number of carbonyl (C=O) groups excluding carboxylic acids is 2. The standard InChI is InChI=1S/C12H7NO3.Gd/c14-11-8-5-1-3-7-4-2-6-9(10(7)8)12(15)13(11)16;/h1-6,16H;. The van der Waals surface area contributed by atoms with Crippen LogP contribution < -0.4 is 0 Å². The van der Waals surface area contributed by atoms with Crippen LogP contribution in [0.25, 0.3) is 10.8 Å². The number of benzene rings is 2. The Morgan fingerprint density at radius 3 is 1.82 bits per heavy atom. The van der Waals surface area contributed by atoms with E-state index in [1.165, 1.54) is 0 Å². The Hall–Kier alpha value is -0.875. The van der Waals surface area contributed by atoms with E-state index in [1.807, 2.05) is 12.1 Å². The molecular weight excluding hydrogens is 363 g/mol. The number of carbonyl (C=O) groups is 2. The number of nitrogens with zero attached hydrogens (tertiary/aromatic N) is 1. The fourth-order valence-electron chi connectivity index (χ4n) is 2.02. The zero-order chi connectivity index (χ0) is 11.3. The zero-order valence-corrected chi connectivity index (χ0v) is 10.8. The molecule has 1 aliphatic heterocycles. The number of hydroxylamine groups is 2. The molecule has 1 aliphatic rings. The fraction of sp³-hybridized carbons (Fsp3) is 0. The predicted octanol–water partition coefficient (Wildman–Crippen LogP) is 1.82. The van der Waals surface area contributed by atoms with Gasteiger partial charge in [-0.3, -0.25) is 14.8 Å². The summed E-state index contributed by atoms with van der Waals surface area (Å²) in [5.74, 6) is -1.34. The molecule has 2 amide bonds. The minimum Gasteiger partial charge on any atom is -0.278 e. The van der Waals surface area contributed by atoms with Gasteiger partial charge in [0, 0.05) is 45.3 Å². The van der Waals surface area contributed by atoms with E-state index < -0.39 is 11.8 Å². The Bertz CT molecular complexity index is 588. The van der Waals surface area contributed by atoms with E-state index in [4.69, 9.17) is 0 Å². The minimum atomic E-state index is -0.672. The van der Waals surface area contributed by atoms with Crippen molar-refractivity contribution in [2.24, 2.45) is 0 Å². The second-order valence-corrected chi connectivity index (χ2v) is 3.63. The molecule has 0 saturated carbocycles. The van der Waals surface area contributed by atoms with E-state index >= 15 is 0 Å². The Balaban J connectivity index is 0.00000108. The minimum absolute atomic E-state index is 0. The van der Waals surface area contributed by atoms with Gasteiger partial charge in [0.2, 0.25) is 0 Å². The second kappa shape index (κ2) is 4.42. The summed E-state index contributed by atoms with van der Waals surface area (Å²) >= 11 is 0. The third kappa shape index (κ3) is 1.70. The van der Waals surface area contributed by atoms with Crippen LogP contribution >= 0.6 is 0 Å². The summed E-state index contributed by atoms with van der Waals surface area (Å²) in [5.41, 5.74) is 0.713. The van der Waals surface area contributed by atoms with Gasteiger partial charge in [-0.05, 0) is 17.5 Å². The summed E-state index contributed by atoms with van der Waals surface area (Å²) < 4.78 is 0. The third-order valence-electron chi connectivity index (χ3n) is 2.75. The Morgan fingerprint density at radius 1 is 0.882 bits per heavy atom. The quantitative estimate of drug-likeness (QED) is 0.569. The molecule has 86 valence electrons. The maximum atomic E-state index is 11.7. The molecule has 0 unspecified atom stereocenters. The SMILES string of the molecule is O=C1c2cccc3cccc(c23)C(=O)N1O.[Gd]. The summed E-state index contributed by atoms with van der Waals surface area (Å²) in [6.07, 6.45) is 0. The molecule has 1 N–H and O–H groups in total. The first-order valence-electron chi connectivity index (χ1n) is 4.79. The van der Waals surface area contributed by atoms with Gasteiger partial charge in [0.15, 0.2) is 0 Å². The van der Waals surface area contributed by atoms with Gasteiger partial charge in [-0.1, -0.05) is 24.3 Å². The first kappa shape index (κ1) is 12.6. The summed E-state index contributed by atoms with van der Waals surface area (Å²) in [4.78, 5) is 23.3. The van der Waals surface area contributed by atoms with Crippen LogP contribution in [0, 0.1) is 39.9 Å². The number of amides is 2. The van der Waals surface area contributed by atoms with E-state index in [9.17, 15) is 14.8 Å². The van der Waals surface area contributed by atoms with Crippen molar-refractivity contribution in [1.29, 1.82) is 0 Å². The normalized spacial score (nSPS) is 13.8. The molecule has 17 heavy (non-hydrogen) atoms. The van der Waals surface area contributed by atoms with Crippen LogP contribution in [-0.4, -0.2) is 22.1 Å². The van der Waals surface area contributed by atoms with Crippen molar-refractivity contribution in [2.45, 2.75) is 0 Å². The van der Waals surface area contributed by atoms with Crippen molar-refractivity contribution in [2.75, 3.05) is 0 Å². The molecule has 2 aromatic carbocycles. The molecule has 0 atom stereocenters. The van der Waals surface area contributed by atoms with Gasteiger partial charge in [-0.2, -0.15) is 0 Å². The summed E-state index contributed by atoms with van der Waals surface area (Å²) in [6.45, 7) is 0. The van der Waals surface area contributed by atoms with E-state index in [0.29, 0.717) is 16.5 Å². The Morgan fingerprint density at radius 2 is 1.35 bits per heavy atom. The molecule has 4 nitrogen and oxygen atoms in total. The smallest absolute Gasteiger partial charge is 0.278 e. The molecule has 0 spiro atoms. The number of hydrogen-bond donors (Lipinski definition) is 1. The van der Waals surface area contributed by atoms with Crippen molar-refractivity contribution >= 4 is 22.6 Å². The molecule has 0 fully saturated rings. The summed E-state index contributed by atoms with van der Waals surface area (Å²) in [6, 6.07) is 10.3. The molecule has 3 rings (SSSR count). The first-order chi connectivity index (χ1) is 7.70. The van der Waals surface area contributed by atoms with Crippen LogP contribution in [0.5, 0.6) is 0 Å². The molecule has 2 aromatic rings. The van der Waals surface area contributed by atoms with Crippen molar-refractivity contribution in [3.05, 3.63) is 47.5 Å². The van der Waals surface area contributed by atoms with E-state index in [1.54, 1.807) is 24.3 Å². The molecule has 0 radical (unpaired) electrons. The van der Waals surface area contributed by atoms with Gasteiger partial charge < -0.3 is 0 Å². The third-order valence-corrected chi connectivity index (χ3v) is 2.75. The van der Waals surface area contributed by atoms with Gasteiger partial charge in [0.25, 0.3) is 11.8 Å². The average Bonchev–Trinajstić information content (AvgIpc) is 2.33. The molecule has 0 saturated heterocycles. The predicted molar refractivity (Wildman–Crippen MR) is 56.2 cm³/mol. The van der Waals surface area contributed by atoms with Crippen LogP contribution in [0.4, 0.5) is 0 Å². The van der Waals surface area contributed by atoms with Gasteiger partial charge in [-0.15, -0.1) is 5.06 Å². The van der Waals surface area contributed by atoms with Gasteiger partial charge in [-0.25, -0.2) is 0 Å². The van der Waals surface area contributed by atoms with Crippen LogP contribution in [0.1, 0.15) is 20.7 Å². The Kier molecular flexibility index (Phi) is 3.27. The average molecular weight is 370 g/mol. The van der Waals surface area contributed by atoms with Crippen molar-refractivity contribution in [3.8, 4) is 0 Å². The topological polar surface area (TPSA) is 57.6 Å². The van der Waals surface area contributed by atoms with Crippen LogP contribution in [0.3, 0.4) is 0 Å². The van der Waals surface area contributed by atoms with Crippen molar-refractivity contribution in [3.63, 3.8) is 0 Å². The van der Waals surface area contributed by atoms with Crippen LogP contribution in [0.2, 0.25) is 0 Å². The zero-order valence-electron chi connectivity index (χ0n) is 8.53. The number of rotatable bonds is 0. The molecule has 0 bridgehead atoms. The van der Waals surface area contributed by atoms with E-state index in [0.717, 1.165) is 5.39 Å². The number of hydrogen-bond acceptors (Lipinski definition) is 3. The molecule has 5 heteroatoms. The molecule has 0 aromatic heterocycles. The number of imide groups is 1. The second-order valence-electron chi connectivity index (χ2n) is 3.63. The van der Waals surface area contributed by atoms with E-state index in [2.05, 4.69) is 0 Å². The van der Waals surface area contributed by atoms with Crippen LogP contribution in [0.15, 0.2) is 36.4 Å². The van der Waals surface area contributed by atoms with Gasteiger partial charge in [0.05, 0.1) is 11.1 Å². The van der Waals surface area contributed by atoms with Crippen LogP contribution in [-0.2, 0) is 0 Å². The summed E-state index contributed by atoms with van der Waals surface area (Å²) in [5, 5.41) is 11.0. The van der Waals surface area contributed by atoms with Crippen molar-refractivity contribution in [1.82, 2.24) is 5.06 Å². The molecule has 0 aliphatic carbocycles. The van der Waals surface area contributed by atoms with E-state index in [-0.39, 0.29) is 45.0 Å². The van der Waals surface area contributed by atoms with Crippen molar-refractivity contribution < 1.29 is 54.7 Å². The summed E-state index contributed by atoms with van der Waals surface area (Å²) in [7, 11) is 0. The van der Waals surface area contributed by atoms with Gasteiger partial charge >= 0.3 is 0 Å².